The van der Waals surface area contributed by atoms with E-state index in [-0.39, 0.29) is 6.10 Å². The maximum absolute atomic E-state index is 5.80. The van der Waals surface area contributed by atoms with Gasteiger partial charge in [-0.3, -0.25) is 4.98 Å². The fourth-order valence-electron chi connectivity index (χ4n) is 2.78. The van der Waals surface area contributed by atoms with Crippen LogP contribution in [0, 0.1) is 6.92 Å². The summed E-state index contributed by atoms with van der Waals surface area (Å²) in [5, 5.41) is 0. The third-order valence-electron chi connectivity index (χ3n) is 3.85. The van der Waals surface area contributed by atoms with E-state index in [2.05, 4.69) is 42.2 Å². The monoisotopic (exact) mass is 289 g/mol. The van der Waals surface area contributed by atoms with Gasteiger partial charge in [-0.2, -0.15) is 0 Å². The molecule has 3 rings (SSSR count). The van der Waals surface area contributed by atoms with Crippen molar-refractivity contribution in [2.45, 2.75) is 13.0 Å². The van der Waals surface area contributed by atoms with Crippen molar-refractivity contribution in [3.05, 3.63) is 89.6 Å². The van der Waals surface area contributed by atoms with Gasteiger partial charge in [0.15, 0.2) is 0 Å². The van der Waals surface area contributed by atoms with E-state index in [1.165, 1.54) is 0 Å². The van der Waals surface area contributed by atoms with Gasteiger partial charge in [-0.15, -0.1) is 0 Å². The number of rotatable bonds is 4. The topological polar surface area (TPSA) is 22.1 Å². The van der Waals surface area contributed by atoms with Crippen molar-refractivity contribution in [2.24, 2.45) is 0 Å². The predicted octanol–water partition coefficient (Wildman–Crippen LogP) is 4.79. The van der Waals surface area contributed by atoms with Crippen LogP contribution in [0.25, 0.3) is 11.3 Å². The van der Waals surface area contributed by atoms with E-state index in [4.69, 9.17) is 4.74 Å². The lowest BCUT2D eigenvalue weighted by molar-refractivity contribution is 0.137. The summed E-state index contributed by atoms with van der Waals surface area (Å²) in [7, 11) is 1.75. The minimum Gasteiger partial charge on any atom is -0.372 e. The first-order chi connectivity index (χ1) is 10.8. The lowest BCUT2D eigenvalue weighted by atomic mass is 9.93. The molecular formula is C20H19NO. The van der Waals surface area contributed by atoms with E-state index in [0.717, 1.165) is 27.9 Å². The van der Waals surface area contributed by atoms with Crippen LogP contribution in [0.1, 0.15) is 22.8 Å². The number of ether oxygens (including phenoxy) is 1. The molecule has 1 heterocycles. The zero-order chi connectivity index (χ0) is 15.4. The number of aromatic nitrogens is 1. The molecule has 1 atom stereocenters. The largest absolute Gasteiger partial charge is 0.372 e. The summed E-state index contributed by atoms with van der Waals surface area (Å²) in [6, 6.07) is 22.7. The number of pyridine rings is 1. The van der Waals surface area contributed by atoms with Crippen LogP contribution in [0.3, 0.4) is 0 Å². The summed E-state index contributed by atoms with van der Waals surface area (Å²) in [6.07, 6.45) is 1.74. The summed E-state index contributed by atoms with van der Waals surface area (Å²) in [5.41, 5.74) is 5.58. The molecule has 2 heteroatoms. The molecule has 0 radical (unpaired) electrons. The number of methoxy groups -OCH3 is 1. The van der Waals surface area contributed by atoms with Crippen LogP contribution in [0.4, 0.5) is 0 Å². The summed E-state index contributed by atoms with van der Waals surface area (Å²) < 4.78 is 5.80. The van der Waals surface area contributed by atoms with Crippen LogP contribution in [-0.2, 0) is 4.74 Å². The van der Waals surface area contributed by atoms with Crippen molar-refractivity contribution in [2.75, 3.05) is 7.11 Å². The first-order valence-corrected chi connectivity index (χ1v) is 7.40. The summed E-state index contributed by atoms with van der Waals surface area (Å²) >= 11 is 0. The Balaban J connectivity index is 2.14. The van der Waals surface area contributed by atoms with Gasteiger partial charge in [0.25, 0.3) is 0 Å². The Kier molecular flexibility index (Phi) is 4.31. The van der Waals surface area contributed by atoms with Gasteiger partial charge in [-0.05, 0) is 29.7 Å². The second-order valence-corrected chi connectivity index (χ2v) is 5.28. The Morgan fingerprint density at radius 3 is 2.32 bits per heavy atom. The Bertz CT molecular complexity index is 752. The quantitative estimate of drug-likeness (QED) is 0.688. The summed E-state index contributed by atoms with van der Waals surface area (Å²) in [6.45, 7) is 2.09. The van der Waals surface area contributed by atoms with E-state index >= 15 is 0 Å². The zero-order valence-corrected chi connectivity index (χ0v) is 12.9. The number of nitrogens with zero attached hydrogens (tertiary/aromatic N) is 1. The number of benzene rings is 2. The van der Waals surface area contributed by atoms with Crippen molar-refractivity contribution < 1.29 is 4.74 Å². The highest BCUT2D eigenvalue weighted by Gasteiger charge is 2.18. The molecular weight excluding hydrogens is 270 g/mol. The Hall–Kier alpha value is -2.45. The van der Waals surface area contributed by atoms with Crippen molar-refractivity contribution in [3.8, 4) is 11.3 Å². The van der Waals surface area contributed by atoms with Crippen molar-refractivity contribution in [1.29, 1.82) is 0 Å². The molecule has 3 aromatic rings. The van der Waals surface area contributed by atoms with Crippen molar-refractivity contribution >= 4 is 0 Å². The van der Waals surface area contributed by atoms with Crippen LogP contribution < -0.4 is 0 Å². The first kappa shape index (κ1) is 14.5. The smallest absolute Gasteiger partial charge is 0.108 e. The second kappa shape index (κ2) is 6.54. The number of hydrogen-bond acceptors (Lipinski definition) is 2. The predicted molar refractivity (Wildman–Crippen MR) is 89.7 cm³/mol. The lowest BCUT2D eigenvalue weighted by Gasteiger charge is -2.20. The molecule has 0 N–H and O–H groups in total. The minimum absolute atomic E-state index is 0.0983. The molecule has 0 fully saturated rings. The van der Waals surface area contributed by atoms with Gasteiger partial charge < -0.3 is 4.74 Å². The van der Waals surface area contributed by atoms with Crippen LogP contribution in [0.2, 0.25) is 0 Å². The highest BCUT2D eigenvalue weighted by Crippen LogP contribution is 2.33. The molecule has 110 valence electrons. The number of hydrogen-bond donors (Lipinski definition) is 0. The standard InChI is InChI=1S/C20H19NO/c1-15-9-8-14-21-19(15)17-12-6-7-13-18(17)20(22-2)16-10-4-3-5-11-16/h3-14,20H,1-2H3. The van der Waals surface area contributed by atoms with Gasteiger partial charge in [0.2, 0.25) is 0 Å². The van der Waals surface area contributed by atoms with Gasteiger partial charge >= 0.3 is 0 Å². The van der Waals surface area contributed by atoms with Crippen molar-refractivity contribution in [1.82, 2.24) is 4.98 Å². The van der Waals surface area contributed by atoms with Gasteiger partial charge in [-0.1, -0.05) is 60.7 Å². The molecule has 1 unspecified atom stereocenters. The average Bonchev–Trinajstić information content (AvgIpc) is 2.58. The maximum Gasteiger partial charge on any atom is 0.108 e. The average molecular weight is 289 g/mol. The lowest BCUT2D eigenvalue weighted by Crippen LogP contribution is -2.06. The fraction of sp³-hybridized carbons (Fsp3) is 0.150. The molecule has 0 amide bonds. The van der Waals surface area contributed by atoms with E-state index in [1.54, 1.807) is 7.11 Å². The molecule has 0 aliphatic heterocycles. The van der Waals surface area contributed by atoms with E-state index in [9.17, 15) is 0 Å². The molecule has 22 heavy (non-hydrogen) atoms. The molecule has 0 saturated heterocycles. The Morgan fingerprint density at radius 1 is 0.864 bits per heavy atom. The first-order valence-electron chi connectivity index (χ1n) is 7.40. The summed E-state index contributed by atoms with van der Waals surface area (Å²) in [5.74, 6) is 0. The Morgan fingerprint density at radius 2 is 1.59 bits per heavy atom. The highest BCUT2D eigenvalue weighted by molar-refractivity contribution is 5.67. The van der Waals surface area contributed by atoms with Crippen molar-refractivity contribution in [3.63, 3.8) is 0 Å². The SMILES string of the molecule is COC(c1ccccc1)c1ccccc1-c1ncccc1C. The Labute approximate surface area is 131 Å². The molecule has 0 spiro atoms. The molecule has 2 nitrogen and oxygen atoms in total. The molecule has 2 aromatic carbocycles. The molecule has 0 aliphatic rings. The van der Waals surface area contributed by atoms with E-state index < -0.39 is 0 Å². The molecule has 1 aromatic heterocycles. The van der Waals surface area contributed by atoms with Gasteiger partial charge in [0.1, 0.15) is 6.10 Å². The van der Waals surface area contributed by atoms with Crippen LogP contribution >= 0.6 is 0 Å². The third kappa shape index (κ3) is 2.78. The van der Waals surface area contributed by atoms with Crippen LogP contribution in [-0.4, -0.2) is 12.1 Å². The normalized spacial score (nSPS) is 12.1. The maximum atomic E-state index is 5.80. The zero-order valence-electron chi connectivity index (χ0n) is 12.9. The van der Waals surface area contributed by atoms with E-state index in [0.29, 0.717) is 0 Å². The van der Waals surface area contributed by atoms with Crippen LogP contribution in [0.5, 0.6) is 0 Å². The molecule has 0 saturated carbocycles. The second-order valence-electron chi connectivity index (χ2n) is 5.28. The van der Waals surface area contributed by atoms with E-state index in [1.807, 2.05) is 42.6 Å². The third-order valence-corrected chi connectivity index (χ3v) is 3.85. The number of aryl methyl sites for hydroxylation is 1. The highest BCUT2D eigenvalue weighted by atomic mass is 16.5. The van der Waals surface area contributed by atoms with Gasteiger partial charge in [0, 0.05) is 18.9 Å². The molecule has 0 bridgehead atoms. The minimum atomic E-state index is -0.0983. The van der Waals surface area contributed by atoms with Gasteiger partial charge in [-0.25, -0.2) is 0 Å². The summed E-state index contributed by atoms with van der Waals surface area (Å²) in [4.78, 5) is 4.56. The van der Waals surface area contributed by atoms with Gasteiger partial charge in [0.05, 0.1) is 5.69 Å². The van der Waals surface area contributed by atoms with Crippen LogP contribution in [0.15, 0.2) is 72.9 Å². The fourth-order valence-corrected chi connectivity index (χ4v) is 2.78. The molecule has 0 aliphatic carbocycles.